The van der Waals surface area contributed by atoms with Gasteiger partial charge in [-0.2, -0.15) is 0 Å². The predicted octanol–water partition coefficient (Wildman–Crippen LogP) is 1.93. The van der Waals surface area contributed by atoms with Crippen LogP contribution in [0.15, 0.2) is 0 Å². The largest absolute Gasteiger partial charge is 0.314 e. The number of rotatable bonds is 4. The summed E-state index contributed by atoms with van der Waals surface area (Å²) < 4.78 is 0. The molecule has 0 spiro atoms. The van der Waals surface area contributed by atoms with E-state index in [1.54, 1.807) is 0 Å². The van der Waals surface area contributed by atoms with Crippen molar-refractivity contribution in [3.05, 3.63) is 0 Å². The molecule has 0 aliphatic carbocycles. The molecular weight excluding hydrogens is 222 g/mol. The highest BCUT2D eigenvalue weighted by Gasteiger charge is 2.27. The van der Waals surface area contributed by atoms with E-state index in [4.69, 9.17) is 0 Å². The Hall–Kier alpha value is -0.120. The van der Waals surface area contributed by atoms with Crippen LogP contribution in [0.25, 0.3) is 0 Å². The van der Waals surface area contributed by atoms with Gasteiger partial charge in [-0.25, -0.2) is 0 Å². The Morgan fingerprint density at radius 1 is 1.28 bits per heavy atom. The summed E-state index contributed by atoms with van der Waals surface area (Å²) >= 11 is 0. The van der Waals surface area contributed by atoms with Crippen molar-refractivity contribution in [1.82, 2.24) is 15.1 Å². The van der Waals surface area contributed by atoms with Gasteiger partial charge in [-0.3, -0.25) is 4.90 Å². The molecular formula is C15H31N3. The Kier molecular flexibility index (Phi) is 5.46. The molecule has 0 saturated carbocycles. The number of nitrogens with one attached hydrogen (secondary N) is 1. The SMILES string of the molecule is CCC1CN(C(C)CC2CCCCN2)CCN1C. The minimum absolute atomic E-state index is 0.739. The maximum Gasteiger partial charge on any atom is 0.0218 e. The van der Waals surface area contributed by atoms with Crippen LogP contribution >= 0.6 is 0 Å². The van der Waals surface area contributed by atoms with E-state index < -0.39 is 0 Å². The third kappa shape index (κ3) is 3.69. The molecule has 2 aliphatic heterocycles. The summed E-state index contributed by atoms with van der Waals surface area (Å²) in [6.07, 6.45) is 6.79. The van der Waals surface area contributed by atoms with E-state index >= 15 is 0 Å². The van der Waals surface area contributed by atoms with Crippen molar-refractivity contribution >= 4 is 0 Å². The van der Waals surface area contributed by atoms with Crippen molar-refractivity contribution in [2.75, 3.05) is 33.2 Å². The van der Waals surface area contributed by atoms with Crippen LogP contribution in [0.2, 0.25) is 0 Å². The molecule has 0 radical (unpaired) electrons. The van der Waals surface area contributed by atoms with Crippen molar-refractivity contribution in [3.63, 3.8) is 0 Å². The predicted molar refractivity (Wildman–Crippen MR) is 78.0 cm³/mol. The maximum absolute atomic E-state index is 3.69. The zero-order valence-electron chi connectivity index (χ0n) is 12.5. The van der Waals surface area contributed by atoms with Crippen LogP contribution < -0.4 is 5.32 Å². The minimum Gasteiger partial charge on any atom is -0.314 e. The van der Waals surface area contributed by atoms with Gasteiger partial charge in [0.2, 0.25) is 0 Å². The monoisotopic (exact) mass is 253 g/mol. The number of hydrogen-bond acceptors (Lipinski definition) is 3. The van der Waals surface area contributed by atoms with Gasteiger partial charge in [0.15, 0.2) is 0 Å². The molecule has 0 aromatic carbocycles. The molecule has 0 aromatic heterocycles. The Morgan fingerprint density at radius 3 is 2.78 bits per heavy atom. The summed E-state index contributed by atoms with van der Waals surface area (Å²) in [4.78, 5) is 5.24. The van der Waals surface area contributed by atoms with Gasteiger partial charge in [0.25, 0.3) is 0 Å². The zero-order chi connectivity index (χ0) is 13.0. The molecule has 106 valence electrons. The van der Waals surface area contributed by atoms with Crippen LogP contribution in [0.1, 0.15) is 46.0 Å². The summed E-state index contributed by atoms with van der Waals surface area (Å²) in [6.45, 7) is 9.73. The maximum atomic E-state index is 3.69. The lowest BCUT2D eigenvalue weighted by Gasteiger charge is -2.43. The van der Waals surface area contributed by atoms with Crippen LogP contribution in [0.3, 0.4) is 0 Å². The second kappa shape index (κ2) is 6.88. The quantitative estimate of drug-likeness (QED) is 0.826. The normalized spacial score (nSPS) is 33.5. The third-order valence-corrected chi connectivity index (χ3v) is 4.94. The van der Waals surface area contributed by atoms with E-state index in [9.17, 15) is 0 Å². The molecule has 0 aromatic rings. The first kappa shape index (κ1) is 14.3. The Bertz CT molecular complexity index is 238. The molecule has 1 N–H and O–H groups in total. The van der Waals surface area contributed by atoms with E-state index in [0.29, 0.717) is 0 Å². The number of piperidine rings is 1. The van der Waals surface area contributed by atoms with E-state index in [2.05, 4.69) is 36.0 Å². The molecule has 3 atom stereocenters. The number of nitrogens with zero attached hydrogens (tertiary/aromatic N) is 2. The van der Waals surface area contributed by atoms with Crippen LogP contribution in [-0.2, 0) is 0 Å². The number of piperazine rings is 1. The van der Waals surface area contributed by atoms with Crippen molar-refractivity contribution < 1.29 is 0 Å². The highest BCUT2D eigenvalue weighted by Crippen LogP contribution is 2.18. The first-order chi connectivity index (χ1) is 8.70. The van der Waals surface area contributed by atoms with Gasteiger partial charge in [0.1, 0.15) is 0 Å². The van der Waals surface area contributed by atoms with E-state index in [1.807, 2.05) is 0 Å². The Morgan fingerprint density at radius 2 is 2.11 bits per heavy atom. The number of hydrogen-bond donors (Lipinski definition) is 1. The van der Waals surface area contributed by atoms with Crippen LogP contribution in [0, 0.1) is 0 Å². The molecule has 2 saturated heterocycles. The van der Waals surface area contributed by atoms with Crippen molar-refractivity contribution in [1.29, 1.82) is 0 Å². The van der Waals surface area contributed by atoms with Crippen LogP contribution in [0.4, 0.5) is 0 Å². The second-order valence-corrected chi connectivity index (χ2v) is 6.27. The van der Waals surface area contributed by atoms with Crippen molar-refractivity contribution in [3.8, 4) is 0 Å². The molecule has 3 nitrogen and oxygen atoms in total. The van der Waals surface area contributed by atoms with E-state index in [0.717, 1.165) is 18.1 Å². The molecule has 2 aliphatic rings. The van der Waals surface area contributed by atoms with Crippen molar-refractivity contribution in [2.24, 2.45) is 0 Å². The van der Waals surface area contributed by atoms with Gasteiger partial charge < -0.3 is 10.2 Å². The third-order valence-electron chi connectivity index (χ3n) is 4.94. The molecule has 3 unspecified atom stereocenters. The molecule has 18 heavy (non-hydrogen) atoms. The van der Waals surface area contributed by atoms with Gasteiger partial charge in [-0.15, -0.1) is 0 Å². The summed E-state index contributed by atoms with van der Waals surface area (Å²) in [7, 11) is 2.28. The fourth-order valence-electron chi connectivity index (χ4n) is 3.50. The summed E-state index contributed by atoms with van der Waals surface area (Å²) in [5.74, 6) is 0. The molecule has 2 heterocycles. The average Bonchev–Trinajstić information content (AvgIpc) is 2.40. The summed E-state index contributed by atoms with van der Waals surface area (Å²) in [5.41, 5.74) is 0. The summed E-state index contributed by atoms with van der Waals surface area (Å²) in [5, 5.41) is 3.69. The average molecular weight is 253 g/mol. The van der Waals surface area contributed by atoms with Crippen molar-refractivity contribution in [2.45, 2.75) is 64.1 Å². The molecule has 2 rings (SSSR count). The number of likely N-dealkylation sites (N-methyl/N-ethyl adjacent to an activating group) is 1. The molecule has 0 bridgehead atoms. The lowest BCUT2D eigenvalue weighted by molar-refractivity contribution is 0.0604. The van der Waals surface area contributed by atoms with Gasteiger partial charge >= 0.3 is 0 Å². The summed E-state index contributed by atoms with van der Waals surface area (Å²) in [6, 6.07) is 2.28. The zero-order valence-corrected chi connectivity index (χ0v) is 12.5. The molecule has 0 amide bonds. The molecule has 3 heteroatoms. The van der Waals surface area contributed by atoms with Crippen LogP contribution in [-0.4, -0.2) is 61.2 Å². The van der Waals surface area contributed by atoms with Gasteiger partial charge in [0.05, 0.1) is 0 Å². The fourth-order valence-corrected chi connectivity index (χ4v) is 3.50. The highest BCUT2D eigenvalue weighted by atomic mass is 15.3. The van der Waals surface area contributed by atoms with E-state index in [1.165, 1.54) is 58.3 Å². The smallest absolute Gasteiger partial charge is 0.0218 e. The van der Waals surface area contributed by atoms with E-state index in [-0.39, 0.29) is 0 Å². The lowest BCUT2D eigenvalue weighted by Crippen LogP contribution is -2.54. The molecule has 2 fully saturated rings. The second-order valence-electron chi connectivity index (χ2n) is 6.27. The van der Waals surface area contributed by atoms with Gasteiger partial charge in [0, 0.05) is 37.8 Å². The van der Waals surface area contributed by atoms with Crippen LogP contribution in [0.5, 0.6) is 0 Å². The first-order valence-corrected chi connectivity index (χ1v) is 7.88. The van der Waals surface area contributed by atoms with Gasteiger partial charge in [-0.1, -0.05) is 13.3 Å². The Balaban J connectivity index is 1.79. The highest BCUT2D eigenvalue weighted by molar-refractivity contribution is 4.85. The minimum atomic E-state index is 0.739. The first-order valence-electron chi connectivity index (χ1n) is 7.88. The topological polar surface area (TPSA) is 18.5 Å². The standard InChI is InChI=1S/C15H31N3/c1-4-15-12-18(10-9-17(15)3)13(2)11-14-7-5-6-8-16-14/h13-16H,4-12H2,1-3H3. The Labute approximate surface area is 113 Å². The lowest BCUT2D eigenvalue weighted by atomic mass is 9.97. The fraction of sp³-hybridized carbons (Fsp3) is 1.00. The van der Waals surface area contributed by atoms with Gasteiger partial charge in [-0.05, 0) is 46.2 Å².